The van der Waals surface area contributed by atoms with E-state index in [4.69, 9.17) is 20.7 Å². The first-order valence-electron chi connectivity index (χ1n) is 4.36. The van der Waals surface area contributed by atoms with E-state index in [1.165, 1.54) is 11.8 Å². The Hall–Kier alpha value is -0.300. The van der Waals surface area contributed by atoms with Crippen molar-refractivity contribution < 1.29 is 19.7 Å². The summed E-state index contributed by atoms with van der Waals surface area (Å²) in [6.45, 7) is 1.95. The normalized spacial score (nSPS) is 15.1. The second-order valence-corrected chi connectivity index (χ2v) is 4.03. The van der Waals surface area contributed by atoms with Crippen LogP contribution in [0, 0.1) is 0 Å². The van der Waals surface area contributed by atoms with Crippen molar-refractivity contribution in [2.75, 3.05) is 18.3 Å². The average molecular weight is 223 g/mol. The molecule has 0 saturated carbocycles. The van der Waals surface area contributed by atoms with Crippen LogP contribution in [0.2, 0.25) is 0 Å². The van der Waals surface area contributed by atoms with E-state index < -0.39 is 18.1 Å². The molecule has 0 radical (unpaired) electrons. The molecule has 0 aromatic rings. The molecule has 0 heterocycles. The molecule has 0 aromatic heterocycles. The third kappa shape index (κ3) is 8.31. The molecule has 0 aliphatic heterocycles. The Morgan fingerprint density at radius 3 is 2.79 bits per heavy atom. The van der Waals surface area contributed by atoms with Crippen molar-refractivity contribution in [2.45, 2.75) is 25.5 Å². The number of hydrogen-bond donors (Lipinski definition) is 3. The Morgan fingerprint density at radius 1 is 1.64 bits per heavy atom. The van der Waals surface area contributed by atoms with Crippen LogP contribution in [0.1, 0.15) is 13.3 Å². The smallest absolute Gasteiger partial charge is 0.320 e. The van der Waals surface area contributed by atoms with E-state index in [2.05, 4.69) is 0 Å². The molecule has 0 spiro atoms. The van der Waals surface area contributed by atoms with Gasteiger partial charge in [-0.15, -0.1) is 11.8 Å². The molecule has 84 valence electrons. The zero-order chi connectivity index (χ0) is 11.0. The largest absolute Gasteiger partial charge is 0.480 e. The molecule has 0 saturated heterocycles. The zero-order valence-electron chi connectivity index (χ0n) is 8.18. The van der Waals surface area contributed by atoms with Gasteiger partial charge in [-0.25, -0.2) is 0 Å². The van der Waals surface area contributed by atoms with Crippen molar-refractivity contribution in [3.63, 3.8) is 0 Å². The molecule has 0 aliphatic rings. The van der Waals surface area contributed by atoms with E-state index >= 15 is 0 Å². The summed E-state index contributed by atoms with van der Waals surface area (Å²) in [6.07, 6.45) is -0.0326. The lowest BCUT2D eigenvalue weighted by molar-refractivity contribution is -0.138. The van der Waals surface area contributed by atoms with Gasteiger partial charge in [0.2, 0.25) is 0 Å². The maximum Gasteiger partial charge on any atom is 0.320 e. The number of hydrogen-bond acceptors (Lipinski definition) is 5. The lowest BCUT2D eigenvalue weighted by Crippen LogP contribution is -2.30. The predicted octanol–water partition coefficient (Wildman–Crippen LogP) is -0.124. The van der Waals surface area contributed by atoms with Gasteiger partial charge in [0.05, 0.1) is 18.6 Å². The fourth-order valence-corrected chi connectivity index (χ4v) is 1.42. The highest BCUT2D eigenvalue weighted by molar-refractivity contribution is 7.99. The van der Waals surface area contributed by atoms with Gasteiger partial charge in [-0.2, -0.15) is 0 Å². The Labute approximate surface area is 87.6 Å². The number of carbonyl (C=O) groups is 1. The number of aliphatic hydroxyl groups is 1. The molecule has 0 aliphatic carbocycles. The topological polar surface area (TPSA) is 92.8 Å². The molecule has 2 unspecified atom stereocenters. The Bertz CT molecular complexity index is 165. The first-order chi connectivity index (χ1) is 6.54. The van der Waals surface area contributed by atoms with Gasteiger partial charge in [0.1, 0.15) is 6.04 Å². The number of aliphatic hydroxyl groups excluding tert-OH is 1. The summed E-state index contributed by atoms with van der Waals surface area (Å²) in [5.74, 6) is 0.125. The van der Waals surface area contributed by atoms with Crippen LogP contribution in [-0.2, 0) is 9.53 Å². The average Bonchev–Trinajstić information content (AvgIpc) is 2.09. The molecular formula is C8H17NO4S. The summed E-state index contributed by atoms with van der Waals surface area (Å²) in [4.78, 5) is 10.3. The maximum absolute atomic E-state index is 10.3. The molecular weight excluding hydrogens is 206 g/mol. The van der Waals surface area contributed by atoms with Gasteiger partial charge in [-0.1, -0.05) is 0 Å². The van der Waals surface area contributed by atoms with Crippen LogP contribution >= 0.6 is 11.8 Å². The van der Waals surface area contributed by atoms with Gasteiger partial charge < -0.3 is 20.7 Å². The van der Waals surface area contributed by atoms with Crippen LogP contribution in [0.15, 0.2) is 0 Å². The summed E-state index contributed by atoms with van der Waals surface area (Å²) >= 11 is 1.46. The van der Waals surface area contributed by atoms with Crippen molar-refractivity contribution in [3.8, 4) is 0 Å². The molecule has 14 heavy (non-hydrogen) atoms. The van der Waals surface area contributed by atoms with Crippen molar-refractivity contribution in [3.05, 3.63) is 0 Å². The summed E-state index contributed by atoms with van der Waals surface area (Å²) in [5, 5.41) is 17.3. The third-order valence-corrected chi connectivity index (χ3v) is 2.27. The molecule has 4 N–H and O–H groups in total. The SMILES string of the molecule is CC(O)COCSCCC(N)C(=O)O. The van der Waals surface area contributed by atoms with Crippen LogP contribution in [0.5, 0.6) is 0 Å². The highest BCUT2D eigenvalue weighted by Crippen LogP contribution is 2.04. The predicted molar refractivity (Wildman–Crippen MR) is 55.2 cm³/mol. The van der Waals surface area contributed by atoms with Crippen molar-refractivity contribution in [1.29, 1.82) is 0 Å². The number of rotatable bonds is 8. The van der Waals surface area contributed by atoms with Crippen LogP contribution < -0.4 is 5.73 Å². The molecule has 5 nitrogen and oxygen atoms in total. The van der Waals surface area contributed by atoms with Crippen LogP contribution in [0.25, 0.3) is 0 Å². The number of nitrogens with two attached hydrogens (primary N) is 1. The van der Waals surface area contributed by atoms with Crippen molar-refractivity contribution in [1.82, 2.24) is 0 Å². The Morgan fingerprint density at radius 2 is 2.29 bits per heavy atom. The minimum absolute atomic E-state index is 0.304. The van der Waals surface area contributed by atoms with E-state index in [-0.39, 0.29) is 0 Å². The molecule has 6 heteroatoms. The van der Waals surface area contributed by atoms with Gasteiger partial charge in [-0.3, -0.25) is 4.79 Å². The monoisotopic (exact) mass is 223 g/mol. The van der Waals surface area contributed by atoms with Gasteiger partial charge in [0.25, 0.3) is 0 Å². The number of carboxylic acids is 1. The van der Waals surface area contributed by atoms with Crippen molar-refractivity contribution in [2.24, 2.45) is 5.73 Å². The summed E-state index contributed by atoms with van der Waals surface area (Å²) in [7, 11) is 0. The van der Waals surface area contributed by atoms with E-state index in [0.717, 1.165) is 0 Å². The zero-order valence-corrected chi connectivity index (χ0v) is 9.00. The van der Waals surface area contributed by atoms with Crippen LogP contribution in [-0.4, -0.2) is 46.6 Å². The minimum atomic E-state index is -0.976. The summed E-state index contributed by atoms with van der Waals surface area (Å²) in [5.41, 5.74) is 5.29. The molecule has 0 aromatic carbocycles. The maximum atomic E-state index is 10.3. The quantitative estimate of drug-likeness (QED) is 0.392. The third-order valence-electron chi connectivity index (χ3n) is 1.42. The second kappa shape index (κ2) is 8.05. The highest BCUT2D eigenvalue weighted by atomic mass is 32.2. The fourth-order valence-electron chi connectivity index (χ4n) is 0.670. The highest BCUT2D eigenvalue weighted by Gasteiger charge is 2.10. The van der Waals surface area contributed by atoms with Crippen LogP contribution in [0.4, 0.5) is 0 Å². The van der Waals surface area contributed by atoms with Crippen molar-refractivity contribution >= 4 is 17.7 Å². The van der Waals surface area contributed by atoms with E-state index in [1.54, 1.807) is 6.92 Å². The lowest BCUT2D eigenvalue weighted by Gasteiger charge is -2.07. The van der Waals surface area contributed by atoms with Gasteiger partial charge in [0, 0.05) is 0 Å². The minimum Gasteiger partial charge on any atom is -0.480 e. The Balaban J connectivity index is 3.17. The first-order valence-corrected chi connectivity index (χ1v) is 5.51. The summed E-state index contributed by atoms with van der Waals surface area (Å²) < 4.78 is 5.06. The summed E-state index contributed by atoms with van der Waals surface area (Å²) in [6, 6.07) is -0.792. The van der Waals surface area contributed by atoms with Gasteiger partial charge in [-0.05, 0) is 19.1 Å². The van der Waals surface area contributed by atoms with Gasteiger partial charge >= 0.3 is 5.97 Å². The lowest BCUT2D eigenvalue weighted by atomic mass is 10.2. The molecule has 0 amide bonds. The van der Waals surface area contributed by atoms with Crippen LogP contribution in [0.3, 0.4) is 0 Å². The fraction of sp³-hybridized carbons (Fsp3) is 0.875. The Kier molecular flexibility index (Phi) is 7.87. The van der Waals surface area contributed by atoms with E-state index in [1.807, 2.05) is 0 Å². The van der Waals surface area contributed by atoms with Gasteiger partial charge in [0.15, 0.2) is 0 Å². The van der Waals surface area contributed by atoms with E-state index in [0.29, 0.717) is 24.7 Å². The molecule has 0 fully saturated rings. The standard InChI is InChI=1S/C8H17NO4S/c1-6(10)4-13-5-14-3-2-7(9)8(11)12/h6-7,10H,2-5,9H2,1H3,(H,11,12). The number of thioether (sulfide) groups is 1. The first kappa shape index (κ1) is 13.7. The number of aliphatic carboxylic acids is 1. The van der Waals surface area contributed by atoms with E-state index in [9.17, 15) is 4.79 Å². The second-order valence-electron chi connectivity index (χ2n) is 2.98. The molecule has 2 atom stereocenters. The number of ether oxygens (including phenoxy) is 1. The number of carboxylic acid groups (broad SMARTS) is 1. The molecule has 0 bridgehead atoms. The molecule has 0 rings (SSSR count).